The fraction of sp³-hybridized carbons (Fsp3) is 0.241. The average molecular weight is 474 g/mol. The number of hydrogen-bond donors (Lipinski definition) is 0. The molecule has 0 fully saturated rings. The van der Waals surface area contributed by atoms with E-state index in [9.17, 15) is 0 Å². The highest BCUT2D eigenvalue weighted by Gasteiger charge is 2.31. The molecule has 5 heteroatoms. The van der Waals surface area contributed by atoms with Crippen molar-refractivity contribution < 1.29 is 14.2 Å². The van der Waals surface area contributed by atoms with Gasteiger partial charge in [0.25, 0.3) is 0 Å². The number of rotatable bonds is 6. The summed E-state index contributed by atoms with van der Waals surface area (Å²) in [6.45, 7) is 1.72. The lowest BCUT2D eigenvalue weighted by Gasteiger charge is -2.38. The predicted octanol–water partition coefficient (Wildman–Crippen LogP) is 6.67. The van der Waals surface area contributed by atoms with Gasteiger partial charge in [0.15, 0.2) is 11.5 Å². The Morgan fingerprint density at radius 3 is 2.26 bits per heavy atom. The van der Waals surface area contributed by atoms with Crippen LogP contribution in [-0.4, -0.2) is 32.8 Å². The maximum Gasteiger partial charge on any atom is 0.161 e. The number of halogens is 1. The van der Waals surface area contributed by atoms with Gasteiger partial charge in [0.2, 0.25) is 0 Å². The molecule has 5 rings (SSSR count). The summed E-state index contributed by atoms with van der Waals surface area (Å²) in [6, 6.07) is 25.1. The first-order valence-electron chi connectivity index (χ1n) is 11.4. The number of ether oxygens (including phenoxy) is 3. The first kappa shape index (κ1) is 22.6. The van der Waals surface area contributed by atoms with E-state index in [-0.39, 0.29) is 6.04 Å². The Balaban J connectivity index is 1.62. The highest BCUT2D eigenvalue weighted by molar-refractivity contribution is 6.30. The van der Waals surface area contributed by atoms with Crippen molar-refractivity contribution in [3.8, 4) is 17.2 Å². The Bertz CT molecular complexity index is 1340. The fourth-order valence-corrected chi connectivity index (χ4v) is 5.30. The van der Waals surface area contributed by atoms with Gasteiger partial charge in [-0.1, -0.05) is 54.1 Å². The van der Waals surface area contributed by atoms with Crippen molar-refractivity contribution in [1.29, 1.82) is 0 Å². The topological polar surface area (TPSA) is 30.9 Å². The van der Waals surface area contributed by atoms with Crippen LogP contribution in [0.1, 0.15) is 28.3 Å². The van der Waals surface area contributed by atoms with Crippen molar-refractivity contribution in [2.45, 2.75) is 19.0 Å². The Labute approximate surface area is 205 Å². The maximum atomic E-state index is 6.44. The Kier molecular flexibility index (Phi) is 6.36. The third-order valence-electron chi connectivity index (χ3n) is 6.71. The van der Waals surface area contributed by atoms with Crippen molar-refractivity contribution in [3.63, 3.8) is 0 Å². The monoisotopic (exact) mass is 473 g/mol. The van der Waals surface area contributed by atoms with Gasteiger partial charge in [-0.15, -0.1) is 0 Å². The molecule has 1 heterocycles. The third kappa shape index (κ3) is 4.08. The summed E-state index contributed by atoms with van der Waals surface area (Å²) < 4.78 is 16.9. The summed E-state index contributed by atoms with van der Waals surface area (Å²) in [5.41, 5.74) is 4.94. The first-order chi connectivity index (χ1) is 16.6. The minimum Gasteiger partial charge on any atom is -0.496 e. The van der Waals surface area contributed by atoms with Gasteiger partial charge >= 0.3 is 0 Å². The molecule has 0 bridgehead atoms. The smallest absolute Gasteiger partial charge is 0.161 e. The standard InChI is InChI=1S/C29H28ClNO3/c1-32-26-12-11-21(23-9-4-5-10-24(23)26)18-31-14-13-19-16-27(33-2)28(34-3)17-25(19)29(31)20-7-6-8-22(30)15-20/h4-12,15-17,29H,13-14,18H2,1-3H3/t29-/m0/s1. The molecule has 174 valence electrons. The van der Waals surface area contributed by atoms with Crippen LogP contribution in [0.3, 0.4) is 0 Å². The van der Waals surface area contributed by atoms with Gasteiger partial charge < -0.3 is 14.2 Å². The molecule has 34 heavy (non-hydrogen) atoms. The van der Waals surface area contributed by atoms with Crippen LogP contribution in [0.25, 0.3) is 10.8 Å². The fourth-order valence-electron chi connectivity index (χ4n) is 5.10. The van der Waals surface area contributed by atoms with Crippen LogP contribution in [0.5, 0.6) is 17.2 Å². The third-order valence-corrected chi connectivity index (χ3v) is 6.94. The Morgan fingerprint density at radius 1 is 0.794 bits per heavy atom. The van der Waals surface area contributed by atoms with E-state index in [4.69, 9.17) is 25.8 Å². The van der Waals surface area contributed by atoms with E-state index in [1.165, 1.54) is 27.6 Å². The molecule has 1 atom stereocenters. The Morgan fingerprint density at radius 2 is 1.53 bits per heavy atom. The lowest BCUT2D eigenvalue weighted by molar-refractivity contribution is 0.204. The zero-order valence-electron chi connectivity index (χ0n) is 19.7. The van der Waals surface area contributed by atoms with Gasteiger partial charge in [0.1, 0.15) is 5.75 Å². The normalized spacial score (nSPS) is 15.7. The molecular formula is C29H28ClNO3. The molecular weight excluding hydrogens is 446 g/mol. The van der Waals surface area contributed by atoms with Crippen molar-refractivity contribution >= 4 is 22.4 Å². The van der Waals surface area contributed by atoms with Crippen LogP contribution < -0.4 is 14.2 Å². The van der Waals surface area contributed by atoms with Gasteiger partial charge in [-0.25, -0.2) is 0 Å². The molecule has 0 aromatic heterocycles. The second-order valence-electron chi connectivity index (χ2n) is 8.56. The van der Waals surface area contributed by atoms with Crippen molar-refractivity contribution in [1.82, 2.24) is 4.90 Å². The molecule has 1 aliphatic rings. The van der Waals surface area contributed by atoms with Gasteiger partial charge in [-0.2, -0.15) is 0 Å². The number of hydrogen-bond acceptors (Lipinski definition) is 4. The van der Waals surface area contributed by atoms with Crippen molar-refractivity contribution in [3.05, 3.63) is 100 Å². The zero-order chi connectivity index (χ0) is 23.7. The number of methoxy groups -OCH3 is 3. The summed E-state index contributed by atoms with van der Waals surface area (Å²) in [6.07, 6.45) is 0.931. The summed E-state index contributed by atoms with van der Waals surface area (Å²) in [7, 11) is 5.09. The van der Waals surface area contributed by atoms with Gasteiger partial charge in [-0.05, 0) is 64.4 Å². The maximum absolute atomic E-state index is 6.44. The van der Waals surface area contributed by atoms with E-state index >= 15 is 0 Å². The molecule has 0 saturated heterocycles. The van der Waals surface area contributed by atoms with Crippen LogP contribution in [0.4, 0.5) is 0 Å². The van der Waals surface area contributed by atoms with Crippen molar-refractivity contribution in [2.75, 3.05) is 27.9 Å². The summed E-state index contributed by atoms with van der Waals surface area (Å²) in [5.74, 6) is 2.40. The molecule has 4 aromatic carbocycles. The quantitative estimate of drug-likeness (QED) is 0.313. The summed E-state index contributed by atoms with van der Waals surface area (Å²) in [4.78, 5) is 2.52. The van der Waals surface area contributed by atoms with Crippen LogP contribution in [0, 0.1) is 0 Å². The van der Waals surface area contributed by atoms with Gasteiger partial charge in [0, 0.05) is 23.5 Å². The van der Waals surface area contributed by atoms with Gasteiger partial charge in [-0.3, -0.25) is 4.90 Å². The van der Waals surface area contributed by atoms with E-state index < -0.39 is 0 Å². The van der Waals surface area contributed by atoms with E-state index in [2.05, 4.69) is 65.6 Å². The Hall–Kier alpha value is -3.21. The SMILES string of the molecule is COc1cc2c(cc1OC)[C@H](c1cccc(Cl)c1)N(Cc1ccc(OC)c3ccccc13)CC2. The molecule has 0 saturated carbocycles. The molecule has 0 spiro atoms. The second-order valence-corrected chi connectivity index (χ2v) is 8.99. The van der Waals surface area contributed by atoms with Crippen LogP contribution in [-0.2, 0) is 13.0 Å². The average Bonchev–Trinajstić information content (AvgIpc) is 2.87. The first-order valence-corrected chi connectivity index (χ1v) is 11.8. The molecule has 4 nitrogen and oxygen atoms in total. The number of fused-ring (bicyclic) bond motifs is 2. The van der Waals surface area contributed by atoms with Gasteiger partial charge in [0.05, 0.1) is 27.4 Å². The molecule has 0 unspecified atom stereocenters. The molecule has 4 aromatic rings. The van der Waals surface area contributed by atoms with E-state index in [1.807, 2.05) is 12.1 Å². The van der Waals surface area contributed by atoms with Crippen molar-refractivity contribution in [2.24, 2.45) is 0 Å². The zero-order valence-corrected chi connectivity index (χ0v) is 20.4. The molecule has 1 aliphatic heterocycles. The minimum atomic E-state index is 0.0446. The molecule has 0 N–H and O–H groups in total. The molecule has 0 radical (unpaired) electrons. The molecule has 0 aliphatic carbocycles. The van der Waals surface area contributed by atoms with Crippen LogP contribution in [0.15, 0.2) is 72.8 Å². The van der Waals surface area contributed by atoms with E-state index in [1.54, 1.807) is 21.3 Å². The highest BCUT2D eigenvalue weighted by atomic mass is 35.5. The van der Waals surface area contributed by atoms with E-state index in [0.29, 0.717) is 0 Å². The van der Waals surface area contributed by atoms with Crippen LogP contribution >= 0.6 is 11.6 Å². The number of benzene rings is 4. The lowest BCUT2D eigenvalue weighted by Crippen LogP contribution is -2.35. The number of nitrogens with zero attached hydrogens (tertiary/aromatic N) is 1. The highest BCUT2D eigenvalue weighted by Crippen LogP contribution is 2.42. The van der Waals surface area contributed by atoms with Crippen LogP contribution in [0.2, 0.25) is 5.02 Å². The van der Waals surface area contributed by atoms with E-state index in [0.717, 1.165) is 47.2 Å². The lowest BCUT2D eigenvalue weighted by atomic mass is 9.87. The molecule has 0 amide bonds. The minimum absolute atomic E-state index is 0.0446. The summed E-state index contributed by atoms with van der Waals surface area (Å²) >= 11 is 6.44. The second kappa shape index (κ2) is 9.57. The largest absolute Gasteiger partial charge is 0.496 e. The summed E-state index contributed by atoms with van der Waals surface area (Å²) in [5, 5.41) is 3.08. The predicted molar refractivity (Wildman–Crippen MR) is 137 cm³/mol.